The average Bonchev–Trinajstić information content (AvgIpc) is 2.88. The fraction of sp³-hybridized carbons (Fsp3) is 0.667. The van der Waals surface area contributed by atoms with E-state index in [9.17, 15) is 0 Å². The SMILES string of the molecule is CN(CCNc1ncnc(N)c1Br)C1CCCC1. The zero-order chi connectivity index (χ0) is 13.0. The summed E-state index contributed by atoms with van der Waals surface area (Å²) in [6.07, 6.45) is 6.89. The third-order valence-electron chi connectivity index (χ3n) is 3.52. The Hall–Kier alpha value is -0.880. The van der Waals surface area contributed by atoms with E-state index in [2.05, 4.69) is 43.2 Å². The van der Waals surface area contributed by atoms with E-state index in [4.69, 9.17) is 5.73 Å². The zero-order valence-corrected chi connectivity index (χ0v) is 12.3. The number of anilines is 2. The summed E-state index contributed by atoms with van der Waals surface area (Å²) in [6.45, 7) is 1.88. The van der Waals surface area contributed by atoms with Crippen molar-refractivity contribution in [3.8, 4) is 0 Å². The molecular weight excluding hydrogens is 294 g/mol. The fourth-order valence-corrected chi connectivity index (χ4v) is 2.73. The summed E-state index contributed by atoms with van der Waals surface area (Å²) >= 11 is 3.39. The molecule has 1 heterocycles. The predicted molar refractivity (Wildman–Crippen MR) is 77.5 cm³/mol. The van der Waals surface area contributed by atoms with Gasteiger partial charge in [-0.25, -0.2) is 9.97 Å². The molecule has 1 aromatic rings. The van der Waals surface area contributed by atoms with Gasteiger partial charge in [0, 0.05) is 19.1 Å². The number of halogens is 1. The maximum atomic E-state index is 5.70. The van der Waals surface area contributed by atoms with Crippen LogP contribution in [-0.2, 0) is 0 Å². The van der Waals surface area contributed by atoms with Crippen LogP contribution in [0.25, 0.3) is 0 Å². The molecule has 1 saturated carbocycles. The molecule has 5 nitrogen and oxygen atoms in total. The summed E-state index contributed by atoms with van der Waals surface area (Å²) in [5.41, 5.74) is 5.70. The van der Waals surface area contributed by atoms with Gasteiger partial charge < -0.3 is 16.0 Å². The number of nitrogens with two attached hydrogens (primary N) is 1. The molecule has 0 spiro atoms. The van der Waals surface area contributed by atoms with Crippen LogP contribution in [0.15, 0.2) is 10.8 Å². The lowest BCUT2D eigenvalue weighted by atomic mass is 10.2. The molecular formula is C12H20BrN5. The molecule has 0 aromatic carbocycles. The maximum Gasteiger partial charge on any atom is 0.145 e. The van der Waals surface area contributed by atoms with Crippen molar-refractivity contribution in [1.82, 2.24) is 14.9 Å². The Kier molecular flexibility index (Phi) is 4.77. The van der Waals surface area contributed by atoms with E-state index in [1.165, 1.54) is 32.0 Å². The quantitative estimate of drug-likeness (QED) is 0.871. The second-order valence-electron chi connectivity index (χ2n) is 4.77. The van der Waals surface area contributed by atoms with Crippen LogP contribution >= 0.6 is 15.9 Å². The second-order valence-corrected chi connectivity index (χ2v) is 5.56. The monoisotopic (exact) mass is 313 g/mol. The minimum absolute atomic E-state index is 0.469. The summed E-state index contributed by atoms with van der Waals surface area (Å²) in [5.74, 6) is 1.24. The van der Waals surface area contributed by atoms with Gasteiger partial charge in [-0.05, 0) is 35.8 Å². The van der Waals surface area contributed by atoms with Gasteiger partial charge in [0.15, 0.2) is 0 Å². The van der Waals surface area contributed by atoms with E-state index >= 15 is 0 Å². The molecule has 2 rings (SSSR count). The predicted octanol–water partition coefficient (Wildman–Crippen LogP) is 2.11. The number of nitrogen functional groups attached to an aromatic ring is 1. The summed E-state index contributed by atoms with van der Waals surface area (Å²) < 4.78 is 0.744. The standard InChI is InChI=1S/C12H20BrN5/c1-18(9-4-2-3-5-9)7-6-15-12-10(13)11(14)16-8-17-12/h8-9H,2-7H2,1H3,(H3,14,15,16,17). The fourth-order valence-electron chi connectivity index (χ4n) is 2.38. The first-order valence-corrected chi connectivity index (χ1v) is 7.18. The van der Waals surface area contributed by atoms with E-state index in [-0.39, 0.29) is 0 Å². The number of nitrogens with one attached hydrogen (secondary N) is 1. The highest BCUT2D eigenvalue weighted by Gasteiger charge is 2.18. The topological polar surface area (TPSA) is 67.1 Å². The van der Waals surface area contributed by atoms with Gasteiger partial charge in [0.05, 0.1) is 0 Å². The molecule has 1 aromatic heterocycles. The first-order chi connectivity index (χ1) is 8.68. The second kappa shape index (κ2) is 6.33. The lowest BCUT2D eigenvalue weighted by Gasteiger charge is -2.24. The number of likely N-dealkylation sites (N-methyl/N-ethyl adjacent to an activating group) is 1. The Morgan fingerprint density at radius 3 is 2.89 bits per heavy atom. The van der Waals surface area contributed by atoms with E-state index in [0.717, 1.165) is 29.4 Å². The van der Waals surface area contributed by atoms with Crippen molar-refractivity contribution in [2.75, 3.05) is 31.2 Å². The molecule has 0 saturated heterocycles. The van der Waals surface area contributed by atoms with Gasteiger partial charge in [-0.15, -0.1) is 0 Å². The van der Waals surface area contributed by atoms with Crippen LogP contribution < -0.4 is 11.1 Å². The molecule has 100 valence electrons. The van der Waals surface area contributed by atoms with Gasteiger partial charge in [0.25, 0.3) is 0 Å². The Labute approximate surface area is 116 Å². The van der Waals surface area contributed by atoms with Crippen LogP contribution in [-0.4, -0.2) is 41.0 Å². The van der Waals surface area contributed by atoms with E-state index in [1.807, 2.05) is 0 Å². The lowest BCUT2D eigenvalue weighted by molar-refractivity contribution is 0.254. The van der Waals surface area contributed by atoms with Gasteiger partial charge in [-0.3, -0.25) is 0 Å². The van der Waals surface area contributed by atoms with Crippen LogP contribution in [0.1, 0.15) is 25.7 Å². The van der Waals surface area contributed by atoms with Crippen molar-refractivity contribution in [3.63, 3.8) is 0 Å². The summed E-state index contributed by atoms with van der Waals surface area (Å²) in [6, 6.07) is 0.755. The number of aromatic nitrogens is 2. The Balaban J connectivity index is 1.79. The number of hydrogen-bond acceptors (Lipinski definition) is 5. The van der Waals surface area contributed by atoms with Crippen LogP contribution in [0.4, 0.5) is 11.6 Å². The molecule has 3 N–H and O–H groups in total. The third kappa shape index (κ3) is 3.32. The molecule has 6 heteroatoms. The van der Waals surface area contributed by atoms with Crippen molar-refractivity contribution >= 4 is 27.6 Å². The van der Waals surface area contributed by atoms with Crippen LogP contribution in [0.5, 0.6) is 0 Å². The number of rotatable bonds is 5. The first-order valence-electron chi connectivity index (χ1n) is 6.38. The smallest absolute Gasteiger partial charge is 0.145 e. The molecule has 0 aliphatic heterocycles. The van der Waals surface area contributed by atoms with Gasteiger partial charge in [0.2, 0.25) is 0 Å². The van der Waals surface area contributed by atoms with E-state index < -0.39 is 0 Å². The maximum absolute atomic E-state index is 5.70. The van der Waals surface area contributed by atoms with Crippen molar-refractivity contribution < 1.29 is 0 Å². The first kappa shape index (κ1) is 13.5. The number of nitrogens with zero attached hydrogens (tertiary/aromatic N) is 3. The molecule has 1 aliphatic rings. The molecule has 1 fully saturated rings. The van der Waals surface area contributed by atoms with Gasteiger partial charge in [-0.2, -0.15) is 0 Å². The third-order valence-corrected chi connectivity index (χ3v) is 4.30. The number of hydrogen-bond donors (Lipinski definition) is 2. The molecule has 0 unspecified atom stereocenters. The molecule has 0 amide bonds. The van der Waals surface area contributed by atoms with E-state index in [1.54, 1.807) is 0 Å². The van der Waals surface area contributed by atoms with Gasteiger partial charge in [-0.1, -0.05) is 12.8 Å². The van der Waals surface area contributed by atoms with Crippen molar-refractivity contribution in [1.29, 1.82) is 0 Å². The minimum atomic E-state index is 0.469. The highest BCUT2D eigenvalue weighted by Crippen LogP contribution is 2.24. The van der Waals surface area contributed by atoms with E-state index in [0.29, 0.717) is 5.82 Å². The molecule has 0 radical (unpaired) electrons. The summed E-state index contributed by atoms with van der Waals surface area (Å²) in [4.78, 5) is 10.5. The van der Waals surface area contributed by atoms with Crippen LogP contribution in [0.2, 0.25) is 0 Å². The summed E-state index contributed by atoms with van der Waals surface area (Å²) in [7, 11) is 2.20. The van der Waals surface area contributed by atoms with Crippen LogP contribution in [0, 0.1) is 0 Å². The molecule has 0 bridgehead atoms. The summed E-state index contributed by atoms with van der Waals surface area (Å²) in [5, 5.41) is 3.29. The van der Waals surface area contributed by atoms with Crippen LogP contribution in [0.3, 0.4) is 0 Å². The van der Waals surface area contributed by atoms with Crippen molar-refractivity contribution in [2.24, 2.45) is 0 Å². The molecule has 0 atom stereocenters. The average molecular weight is 314 g/mol. The normalized spacial score (nSPS) is 16.4. The van der Waals surface area contributed by atoms with Crippen molar-refractivity contribution in [3.05, 3.63) is 10.8 Å². The Morgan fingerprint density at radius 1 is 1.44 bits per heavy atom. The lowest BCUT2D eigenvalue weighted by Crippen LogP contribution is -2.33. The van der Waals surface area contributed by atoms with Gasteiger partial charge >= 0.3 is 0 Å². The largest absolute Gasteiger partial charge is 0.383 e. The molecule has 1 aliphatic carbocycles. The molecule has 18 heavy (non-hydrogen) atoms. The minimum Gasteiger partial charge on any atom is -0.383 e. The van der Waals surface area contributed by atoms with Crippen molar-refractivity contribution in [2.45, 2.75) is 31.7 Å². The Bertz CT molecular complexity index is 392. The Morgan fingerprint density at radius 2 is 2.17 bits per heavy atom. The highest BCUT2D eigenvalue weighted by atomic mass is 79.9. The van der Waals surface area contributed by atoms with Gasteiger partial charge in [0.1, 0.15) is 22.4 Å². The highest BCUT2D eigenvalue weighted by molar-refractivity contribution is 9.10. The zero-order valence-electron chi connectivity index (χ0n) is 10.7.